The van der Waals surface area contributed by atoms with Gasteiger partial charge in [0.15, 0.2) is 5.13 Å². The Kier molecular flexibility index (Phi) is 7.14. The normalized spacial score (nSPS) is 11.1. The summed E-state index contributed by atoms with van der Waals surface area (Å²) in [7, 11) is -2.60. The summed E-state index contributed by atoms with van der Waals surface area (Å²) < 4.78 is 33.7. The van der Waals surface area contributed by atoms with Gasteiger partial charge in [-0.2, -0.15) is 0 Å². The van der Waals surface area contributed by atoms with E-state index in [-0.39, 0.29) is 28.0 Å². The van der Waals surface area contributed by atoms with Crippen molar-refractivity contribution in [1.82, 2.24) is 4.98 Å². The molecule has 3 rings (SSSR count). The second-order valence-corrected chi connectivity index (χ2v) is 9.19. The van der Waals surface area contributed by atoms with E-state index in [1.54, 1.807) is 29.6 Å². The van der Waals surface area contributed by atoms with Gasteiger partial charge in [0, 0.05) is 12.3 Å². The van der Waals surface area contributed by atoms with Crippen LogP contribution in [0.25, 0.3) is 0 Å². The van der Waals surface area contributed by atoms with Crippen LogP contribution in [0.15, 0.2) is 52.7 Å². The summed E-state index contributed by atoms with van der Waals surface area (Å²) in [6.07, 6.45) is 0. The number of esters is 1. The number of hydrogen-bond acceptors (Lipinski definition) is 8. The fourth-order valence-electron chi connectivity index (χ4n) is 2.76. The summed E-state index contributed by atoms with van der Waals surface area (Å²) in [5, 5.41) is 7.01. The number of benzene rings is 2. The summed E-state index contributed by atoms with van der Waals surface area (Å²) >= 11 is 7.02. The summed E-state index contributed by atoms with van der Waals surface area (Å²) in [4.78, 5) is 30.0. The summed E-state index contributed by atoms with van der Waals surface area (Å²) in [5.74, 6) is -0.558. The van der Waals surface area contributed by atoms with Crippen molar-refractivity contribution in [3.8, 4) is 5.75 Å². The number of thiazole rings is 1. The van der Waals surface area contributed by atoms with Crippen molar-refractivity contribution in [2.75, 3.05) is 12.0 Å². The Morgan fingerprint density at radius 3 is 2.59 bits per heavy atom. The highest BCUT2D eigenvalue weighted by molar-refractivity contribution is 7.89. The fourth-order valence-corrected chi connectivity index (χ4v) is 4.69. The minimum atomic E-state index is -4.10. The van der Waals surface area contributed by atoms with Crippen molar-refractivity contribution in [3.05, 3.63) is 64.1 Å². The Morgan fingerprint density at radius 2 is 1.94 bits per heavy atom. The van der Waals surface area contributed by atoms with Gasteiger partial charge in [-0.1, -0.05) is 23.7 Å². The lowest BCUT2D eigenvalue weighted by Crippen LogP contribution is -2.23. The highest BCUT2D eigenvalue weighted by Crippen LogP contribution is 2.35. The zero-order valence-electron chi connectivity index (χ0n) is 16.9. The molecule has 12 heteroatoms. The molecule has 3 aromatic rings. The molecular weight excluding hydrogens is 478 g/mol. The van der Waals surface area contributed by atoms with Crippen LogP contribution >= 0.6 is 22.9 Å². The molecule has 0 fully saturated rings. The van der Waals surface area contributed by atoms with Gasteiger partial charge in [0.2, 0.25) is 15.9 Å². The smallest absolute Gasteiger partial charge is 0.338 e. The van der Waals surface area contributed by atoms with Crippen LogP contribution < -0.4 is 14.8 Å². The molecule has 0 aliphatic carbocycles. The van der Waals surface area contributed by atoms with E-state index in [0.29, 0.717) is 22.3 Å². The predicted octanol–water partition coefficient (Wildman–Crippen LogP) is 3.49. The Labute approximate surface area is 193 Å². The first-order valence-electron chi connectivity index (χ1n) is 8.99. The predicted molar refractivity (Wildman–Crippen MR) is 120 cm³/mol. The first-order valence-corrected chi connectivity index (χ1v) is 11.8. The molecule has 0 spiro atoms. The average Bonchev–Trinajstić information content (AvgIpc) is 3.20. The minimum Gasteiger partial charge on any atom is -0.495 e. The number of rotatable bonds is 7. The van der Waals surface area contributed by atoms with Gasteiger partial charge in [-0.25, -0.2) is 23.3 Å². The van der Waals surface area contributed by atoms with Gasteiger partial charge >= 0.3 is 5.97 Å². The lowest BCUT2D eigenvalue weighted by Gasteiger charge is -2.20. The van der Waals surface area contributed by atoms with Crippen molar-refractivity contribution in [1.29, 1.82) is 0 Å². The first-order chi connectivity index (χ1) is 15.1. The van der Waals surface area contributed by atoms with Crippen LogP contribution in [0.1, 0.15) is 23.0 Å². The van der Waals surface area contributed by atoms with E-state index in [1.165, 1.54) is 42.4 Å². The van der Waals surface area contributed by atoms with Crippen molar-refractivity contribution >= 4 is 55.7 Å². The average molecular weight is 496 g/mol. The second-order valence-electron chi connectivity index (χ2n) is 6.41. The number of halogens is 1. The Bertz CT molecular complexity index is 1280. The maximum Gasteiger partial charge on any atom is 0.338 e. The molecule has 0 atom stereocenters. The number of primary sulfonamides is 1. The molecule has 9 nitrogen and oxygen atoms in total. The van der Waals surface area contributed by atoms with Gasteiger partial charge in [0.25, 0.3) is 0 Å². The second kappa shape index (κ2) is 9.65. The molecule has 0 saturated heterocycles. The van der Waals surface area contributed by atoms with Gasteiger partial charge in [-0.15, -0.1) is 11.3 Å². The van der Waals surface area contributed by atoms with Crippen LogP contribution in [0.5, 0.6) is 5.75 Å². The van der Waals surface area contributed by atoms with Crippen LogP contribution in [-0.2, 0) is 26.2 Å². The van der Waals surface area contributed by atoms with E-state index in [1.807, 2.05) is 0 Å². The van der Waals surface area contributed by atoms with Gasteiger partial charge < -0.3 is 9.47 Å². The van der Waals surface area contributed by atoms with Gasteiger partial charge in [0.05, 0.1) is 29.1 Å². The molecule has 1 aromatic heterocycles. The van der Waals surface area contributed by atoms with Gasteiger partial charge in [-0.3, -0.25) is 9.69 Å². The van der Waals surface area contributed by atoms with Crippen LogP contribution in [0, 0.1) is 0 Å². The highest BCUT2D eigenvalue weighted by Gasteiger charge is 2.22. The van der Waals surface area contributed by atoms with Crippen LogP contribution in [0.4, 0.5) is 10.8 Å². The number of anilines is 2. The molecule has 0 aliphatic rings. The van der Waals surface area contributed by atoms with E-state index in [9.17, 15) is 18.0 Å². The standard InChI is InChI=1S/C20H18ClN3O6S2/c1-12(25)24(16-5-3-4-6-17(16)29-2)20-23-14(11-31-20)10-30-19(26)13-7-8-15(21)18(9-13)32(22,27)28/h3-9,11H,10H2,1-2H3,(H2,22,27,28). The number of nitrogens with two attached hydrogens (primary N) is 1. The van der Waals surface area contributed by atoms with E-state index in [2.05, 4.69) is 4.98 Å². The molecule has 168 valence electrons. The van der Waals surface area contributed by atoms with Crippen LogP contribution in [0.2, 0.25) is 5.02 Å². The molecule has 2 aromatic carbocycles. The topological polar surface area (TPSA) is 129 Å². The quantitative estimate of drug-likeness (QED) is 0.496. The highest BCUT2D eigenvalue weighted by atomic mass is 35.5. The lowest BCUT2D eigenvalue weighted by molar-refractivity contribution is -0.115. The largest absolute Gasteiger partial charge is 0.495 e. The van der Waals surface area contributed by atoms with E-state index in [4.69, 9.17) is 26.2 Å². The molecule has 0 saturated carbocycles. The number of methoxy groups -OCH3 is 1. The van der Waals surface area contributed by atoms with Crippen LogP contribution in [0.3, 0.4) is 0 Å². The molecule has 0 bridgehead atoms. The third-order valence-electron chi connectivity index (χ3n) is 4.20. The first kappa shape index (κ1) is 23.7. The third kappa shape index (κ3) is 5.25. The number of amides is 1. The Balaban J connectivity index is 1.78. The van der Waals surface area contributed by atoms with Crippen molar-refractivity contribution < 1.29 is 27.5 Å². The number of carbonyl (C=O) groups excluding carboxylic acids is 2. The van der Waals surface area contributed by atoms with Gasteiger partial charge in [0.1, 0.15) is 17.3 Å². The number of hydrogen-bond donors (Lipinski definition) is 1. The number of para-hydroxylation sites is 2. The van der Waals surface area contributed by atoms with Crippen molar-refractivity contribution in [3.63, 3.8) is 0 Å². The number of carbonyl (C=O) groups is 2. The minimum absolute atomic E-state index is 0.0340. The maximum atomic E-state index is 12.4. The summed E-state index contributed by atoms with van der Waals surface area (Å²) in [5.41, 5.74) is 0.894. The fraction of sp³-hybridized carbons (Fsp3) is 0.150. The molecular formula is C20H18ClN3O6S2. The van der Waals surface area contributed by atoms with E-state index in [0.717, 1.165) is 6.07 Å². The molecule has 2 N–H and O–H groups in total. The summed E-state index contributed by atoms with van der Waals surface area (Å²) in [6, 6.07) is 10.6. The number of aromatic nitrogens is 1. The molecule has 1 heterocycles. The lowest BCUT2D eigenvalue weighted by atomic mass is 10.2. The number of sulfonamides is 1. The molecule has 1 amide bonds. The monoisotopic (exact) mass is 495 g/mol. The zero-order chi connectivity index (χ0) is 23.5. The van der Waals surface area contributed by atoms with E-state index >= 15 is 0 Å². The maximum absolute atomic E-state index is 12.4. The van der Waals surface area contributed by atoms with Crippen molar-refractivity contribution in [2.24, 2.45) is 5.14 Å². The number of ether oxygens (including phenoxy) is 2. The Hall–Kier alpha value is -2.99. The molecule has 0 aliphatic heterocycles. The molecule has 0 radical (unpaired) electrons. The van der Waals surface area contributed by atoms with E-state index < -0.39 is 16.0 Å². The Morgan fingerprint density at radius 1 is 1.22 bits per heavy atom. The van der Waals surface area contributed by atoms with Crippen molar-refractivity contribution in [2.45, 2.75) is 18.4 Å². The molecule has 32 heavy (non-hydrogen) atoms. The van der Waals surface area contributed by atoms with Crippen LogP contribution in [-0.4, -0.2) is 32.4 Å². The number of nitrogens with zero attached hydrogens (tertiary/aromatic N) is 2. The summed E-state index contributed by atoms with van der Waals surface area (Å²) in [6.45, 7) is 1.21. The van der Waals surface area contributed by atoms with Gasteiger partial charge in [-0.05, 0) is 30.3 Å². The third-order valence-corrected chi connectivity index (χ3v) is 6.46. The zero-order valence-corrected chi connectivity index (χ0v) is 19.3. The molecule has 0 unspecified atom stereocenters. The SMILES string of the molecule is COc1ccccc1N(C(C)=O)c1nc(COC(=O)c2ccc(Cl)c(S(N)(=O)=O)c2)cs1.